The number of ether oxygens (including phenoxy) is 1. The molecule has 0 aliphatic carbocycles. The van der Waals surface area contributed by atoms with Gasteiger partial charge in [-0.3, -0.25) is 14.6 Å². The van der Waals surface area contributed by atoms with Crippen molar-refractivity contribution < 1.29 is 9.53 Å². The van der Waals surface area contributed by atoms with Crippen LogP contribution >= 0.6 is 0 Å². The monoisotopic (exact) mass is 345 g/mol. The molecule has 2 rings (SSSR count). The molecule has 0 saturated carbocycles. The molecule has 9 heteroatoms. The Morgan fingerprint density at radius 3 is 2.92 bits per heavy atom. The van der Waals surface area contributed by atoms with Crippen molar-refractivity contribution in [2.45, 2.75) is 26.2 Å². The van der Waals surface area contributed by atoms with Crippen LogP contribution in [-0.2, 0) is 11.2 Å². The maximum Gasteiger partial charge on any atom is 0.342 e. The van der Waals surface area contributed by atoms with E-state index in [1.54, 1.807) is 0 Å². The number of aromatic amines is 2. The van der Waals surface area contributed by atoms with Crippen LogP contribution in [0.5, 0.6) is 5.75 Å². The Labute approximate surface area is 143 Å². The Morgan fingerprint density at radius 1 is 1.36 bits per heavy atom. The molecule has 1 aromatic carbocycles. The van der Waals surface area contributed by atoms with E-state index in [-0.39, 0.29) is 24.4 Å². The molecular weight excluding hydrogens is 326 g/mol. The number of nitrogens with zero attached hydrogens (tertiary/aromatic N) is 2. The quantitative estimate of drug-likeness (QED) is 0.469. The highest BCUT2D eigenvalue weighted by Gasteiger charge is 2.06. The van der Waals surface area contributed by atoms with Crippen LogP contribution in [0.4, 0.5) is 0 Å². The Kier molecular flexibility index (Phi) is 6.64. The molecule has 0 atom stereocenters. The summed E-state index contributed by atoms with van der Waals surface area (Å²) in [5.74, 6) is 0.307. The number of H-pyrrole nitrogens is 2. The van der Waals surface area contributed by atoms with Gasteiger partial charge in [0.2, 0.25) is 5.91 Å². The maximum absolute atomic E-state index is 11.8. The lowest BCUT2D eigenvalue weighted by Crippen LogP contribution is -2.28. The predicted molar refractivity (Wildman–Crippen MR) is 91.8 cm³/mol. The molecule has 0 radical (unpaired) electrons. The van der Waals surface area contributed by atoms with Crippen molar-refractivity contribution in [2.75, 3.05) is 6.61 Å². The van der Waals surface area contributed by atoms with Crippen LogP contribution in [0.3, 0.4) is 0 Å². The Balaban J connectivity index is 1.88. The number of nitrogens with one attached hydrogen (secondary N) is 3. The Hall–Kier alpha value is -3.23. The first-order chi connectivity index (χ1) is 12.1. The van der Waals surface area contributed by atoms with Crippen LogP contribution in [0.1, 0.15) is 31.0 Å². The molecule has 0 aliphatic rings. The number of aryl methyl sites for hydroxylation is 1. The van der Waals surface area contributed by atoms with Crippen molar-refractivity contribution in [3.05, 3.63) is 56.4 Å². The van der Waals surface area contributed by atoms with Gasteiger partial charge >= 0.3 is 5.69 Å². The summed E-state index contributed by atoms with van der Waals surface area (Å²) in [6.45, 7) is 2.61. The number of carbonyl (C=O) groups is 1. The van der Waals surface area contributed by atoms with E-state index in [1.165, 1.54) is 6.21 Å². The molecule has 0 bridgehead atoms. The molecule has 9 nitrogen and oxygen atoms in total. The van der Waals surface area contributed by atoms with Gasteiger partial charge in [-0.05, 0) is 18.6 Å². The van der Waals surface area contributed by atoms with Crippen LogP contribution < -0.4 is 21.4 Å². The van der Waals surface area contributed by atoms with E-state index < -0.39 is 11.2 Å². The highest BCUT2D eigenvalue weighted by Crippen LogP contribution is 2.15. The van der Waals surface area contributed by atoms with Crippen molar-refractivity contribution in [3.63, 3.8) is 0 Å². The third-order valence-electron chi connectivity index (χ3n) is 3.14. The molecule has 0 unspecified atom stereocenters. The molecule has 3 N–H and O–H groups in total. The van der Waals surface area contributed by atoms with Gasteiger partial charge in [0.05, 0.1) is 12.8 Å². The SMILES string of the molecule is CCCOc1ccccc1/C=N/NC(=O)CCc1n[nH]c(=O)[nH]c1=O. The number of rotatable bonds is 8. The second-order valence-electron chi connectivity index (χ2n) is 5.13. The molecular formula is C16H19N5O4. The van der Waals surface area contributed by atoms with Crippen LogP contribution in [0.2, 0.25) is 0 Å². The van der Waals surface area contributed by atoms with E-state index in [0.717, 1.165) is 12.0 Å². The van der Waals surface area contributed by atoms with Crippen molar-refractivity contribution in [1.82, 2.24) is 20.6 Å². The second-order valence-corrected chi connectivity index (χ2v) is 5.13. The summed E-state index contributed by atoms with van der Waals surface area (Å²) in [7, 11) is 0. The molecule has 0 fully saturated rings. The number of hydrogen-bond acceptors (Lipinski definition) is 6. The summed E-state index contributed by atoms with van der Waals surface area (Å²) in [5, 5.41) is 9.61. The number of hydrogen-bond donors (Lipinski definition) is 3. The third-order valence-corrected chi connectivity index (χ3v) is 3.14. The number of benzene rings is 1. The zero-order valence-electron chi connectivity index (χ0n) is 13.7. The summed E-state index contributed by atoms with van der Waals surface area (Å²) >= 11 is 0. The average Bonchev–Trinajstić information content (AvgIpc) is 2.60. The topological polar surface area (TPSA) is 129 Å². The standard InChI is InChI=1S/C16H19N5O4/c1-2-9-25-13-6-4-3-5-11(13)10-17-20-14(22)8-7-12-15(23)18-16(24)21-19-12/h3-6,10H,2,7-9H2,1H3,(H,20,22)(H2,18,21,23,24)/b17-10+. The maximum atomic E-state index is 11.8. The molecule has 0 aliphatic heterocycles. The number of hydrazone groups is 1. The summed E-state index contributed by atoms with van der Waals surface area (Å²) < 4.78 is 5.59. The second kappa shape index (κ2) is 9.16. The molecule has 25 heavy (non-hydrogen) atoms. The molecule has 1 aromatic heterocycles. The molecule has 1 heterocycles. The Morgan fingerprint density at radius 2 is 2.16 bits per heavy atom. The van der Waals surface area contributed by atoms with Crippen molar-refractivity contribution in [1.29, 1.82) is 0 Å². The van der Waals surface area contributed by atoms with E-state index in [2.05, 4.69) is 20.7 Å². The average molecular weight is 345 g/mol. The fourth-order valence-electron chi connectivity index (χ4n) is 1.93. The smallest absolute Gasteiger partial charge is 0.342 e. The minimum atomic E-state index is -0.688. The van der Waals surface area contributed by atoms with Gasteiger partial charge in [0.1, 0.15) is 11.4 Å². The fourth-order valence-corrected chi connectivity index (χ4v) is 1.93. The molecule has 0 spiro atoms. The van der Waals surface area contributed by atoms with Crippen LogP contribution in [0.15, 0.2) is 39.0 Å². The zero-order chi connectivity index (χ0) is 18.1. The highest BCUT2D eigenvalue weighted by molar-refractivity contribution is 5.85. The molecule has 0 saturated heterocycles. The van der Waals surface area contributed by atoms with E-state index >= 15 is 0 Å². The first-order valence-corrected chi connectivity index (χ1v) is 7.81. The van der Waals surface area contributed by atoms with Crippen molar-refractivity contribution in [3.8, 4) is 5.75 Å². The normalized spacial score (nSPS) is 10.8. The lowest BCUT2D eigenvalue weighted by atomic mass is 10.2. The number of para-hydroxylation sites is 1. The fraction of sp³-hybridized carbons (Fsp3) is 0.312. The van der Waals surface area contributed by atoms with Gasteiger partial charge in [-0.2, -0.15) is 10.2 Å². The largest absolute Gasteiger partial charge is 0.493 e. The van der Waals surface area contributed by atoms with Crippen molar-refractivity contribution in [2.24, 2.45) is 5.10 Å². The van der Waals surface area contributed by atoms with Crippen LogP contribution in [0, 0.1) is 0 Å². The number of aromatic nitrogens is 3. The third kappa shape index (κ3) is 5.72. The summed E-state index contributed by atoms with van der Waals surface area (Å²) in [6, 6.07) is 7.35. The summed E-state index contributed by atoms with van der Waals surface area (Å²) in [6.07, 6.45) is 2.48. The summed E-state index contributed by atoms with van der Waals surface area (Å²) in [5.41, 5.74) is 1.91. The Bertz CT molecular complexity index is 856. The highest BCUT2D eigenvalue weighted by atomic mass is 16.5. The lowest BCUT2D eigenvalue weighted by molar-refractivity contribution is -0.121. The first-order valence-electron chi connectivity index (χ1n) is 7.81. The molecule has 132 valence electrons. The van der Waals surface area contributed by atoms with E-state index in [1.807, 2.05) is 36.2 Å². The van der Waals surface area contributed by atoms with Crippen LogP contribution in [0.25, 0.3) is 0 Å². The van der Waals surface area contributed by atoms with Gasteiger partial charge in [-0.1, -0.05) is 19.1 Å². The lowest BCUT2D eigenvalue weighted by Gasteiger charge is -2.07. The van der Waals surface area contributed by atoms with Gasteiger partial charge in [0.25, 0.3) is 5.56 Å². The van der Waals surface area contributed by atoms with E-state index in [4.69, 9.17) is 4.74 Å². The minimum Gasteiger partial charge on any atom is -0.493 e. The van der Waals surface area contributed by atoms with E-state index in [9.17, 15) is 14.4 Å². The first kappa shape index (κ1) is 18.1. The van der Waals surface area contributed by atoms with Crippen LogP contribution in [-0.4, -0.2) is 33.9 Å². The number of carbonyl (C=O) groups excluding carboxylic acids is 1. The van der Waals surface area contributed by atoms with Gasteiger partial charge in [-0.15, -0.1) is 0 Å². The van der Waals surface area contributed by atoms with Gasteiger partial charge in [0.15, 0.2) is 0 Å². The number of amides is 1. The van der Waals surface area contributed by atoms with Gasteiger partial charge < -0.3 is 4.74 Å². The van der Waals surface area contributed by atoms with Gasteiger partial charge in [-0.25, -0.2) is 15.3 Å². The van der Waals surface area contributed by atoms with Crippen molar-refractivity contribution >= 4 is 12.1 Å². The van der Waals surface area contributed by atoms with E-state index in [0.29, 0.717) is 12.4 Å². The summed E-state index contributed by atoms with van der Waals surface area (Å²) in [4.78, 5) is 36.1. The molecule has 1 amide bonds. The molecule has 2 aromatic rings. The minimum absolute atomic E-state index is 0.00739. The zero-order valence-corrected chi connectivity index (χ0v) is 13.7. The predicted octanol–water partition coefficient (Wildman–Crippen LogP) is 0.330. The van der Waals surface area contributed by atoms with Gasteiger partial charge in [0, 0.05) is 18.4 Å².